The van der Waals surface area contributed by atoms with Gasteiger partial charge in [-0.3, -0.25) is 0 Å². The predicted molar refractivity (Wildman–Crippen MR) is 99.7 cm³/mol. The Bertz CT molecular complexity index is 614. The van der Waals surface area contributed by atoms with Crippen LogP contribution < -0.4 is 5.73 Å². The second-order valence-electron chi connectivity index (χ2n) is 6.32. The zero-order valence-electron chi connectivity index (χ0n) is 13.3. The minimum absolute atomic E-state index is 0.0596. The molecule has 1 atom stereocenters. The van der Waals surface area contributed by atoms with Crippen molar-refractivity contribution in [3.63, 3.8) is 0 Å². The lowest BCUT2D eigenvalue weighted by atomic mass is 9.81. The van der Waals surface area contributed by atoms with E-state index < -0.39 is 0 Å². The van der Waals surface area contributed by atoms with E-state index in [-0.39, 0.29) is 11.5 Å². The Kier molecular flexibility index (Phi) is 5.10. The van der Waals surface area contributed by atoms with Crippen LogP contribution in [0.2, 0.25) is 0 Å². The SMILES string of the molecule is CCC(C)(C)c1ccc(C(N)c2cccc(C)c2I)cc1. The maximum atomic E-state index is 6.47. The van der Waals surface area contributed by atoms with E-state index in [0.29, 0.717) is 0 Å². The lowest BCUT2D eigenvalue weighted by Gasteiger charge is -2.24. The first-order valence-corrected chi connectivity index (χ1v) is 8.55. The molecular formula is C19H24IN. The van der Waals surface area contributed by atoms with Gasteiger partial charge in [-0.15, -0.1) is 0 Å². The summed E-state index contributed by atoms with van der Waals surface area (Å²) in [5.41, 5.74) is 11.7. The Morgan fingerprint density at radius 3 is 2.29 bits per heavy atom. The standard InChI is InChI=1S/C19H24IN/c1-5-19(3,4)15-11-9-14(10-12-15)18(21)16-8-6-7-13(2)17(16)20/h6-12,18H,5,21H2,1-4H3. The van der Waals surface area contributed by atoms with Crippen molar-refractivity contribution >= 4 is 22.6 Å². The number of rotatable bonds is 4. The van der Waals surface area contributed by atoms with Gasteiger partial charge in [0.1, 0.15) is 0 Å². The van der Waals surface area contributed by atoms with Gasteiger partial charge in [0, 0.05) is 3.57 Å². The van der Waals surface area contributed by atoms with Gasteiger partial charge in [-0.25, -0.2) is 0 Å². The van der Waals surface area contributed by atoms with E-state index in [2.05, 4.69) is 92.8 Å². The van der Waals surface area contributed by atoms with Crippen LogP contribution in [0, 0.1) is 10.5 Å². The maximum Gasteiger partial charge on any atom is 0.0562 e. The number of hydrogen-bond donors (Lipinski definition) is 1. The van der Waals surface area contributed by atoms with E-state index in [9.17, 15) is 0 Å². The molecule has 2 aromatic carbocycles. The average molecular weight is 393 g/mol. The van der Waals surface area contributed by atoms with Crippen molar-refractivity contribution in [2.75, 3.05) is 0 Å². The van der Waals surface area contributed by atoms with Crippen LogP contribution in [0.3, 0.4) is 0 Å². The highest BCUT2D eigenvalue weighted by Crippen LogP contribution is 2.30. The van der Waals surface area contributed by atoms with Crippen molar-refractivity contribution in [2.45, 2.75) is 45.6 Å². The van der Waals surface area contributed by atoms with E-state index in [1.54, 1.807) is 0 Å². The van der Waals surface area contributed by atoms with E-state index in [0.717, 1.165) is 6.42 Å². The molecule has 0 aliphatic carbocycles. The highest BCUT2D eigenvalue weighted by atomic mass is 127. The van der Waals surface area contributed by atoms with Gasteiger partial charge in [-0.2, -0.15) is 0 Å². The fraction of sp³-hybridized carbons (Fsp3) is 0.368. The van der Waals surface area contributed by atoms with Crippen LogP contribution in [-0.4, -0.2) is 0 Å². The largest absolute Gasteiger partial charge is 0.320 e. The van der Waals surface area contributed by atoms with Crippen LogP contribution in [0.5, 0.6) is 0 Å². The zero-order chi connectivity index (χ0) is 15.6. The molecule has 0 saturated heterocycles. The molecule has 112 valence electrons. The summed E-state index contributed by atoms with van der Waals surface area (Å²) in [5, 5.41) is 0. The summed E-state index contributed by atoms with van der Waals surface area (Å²) in [7, 11) is 0. The number of hydrogen-bond acceptors (Lipinski definition) is 1. The van der Waals surface area contributed by atoms with Crippen molar-refractivity contribution in [1.29, 1.82) is 0 Å². The van der Waals surface area contributed by atoms with Crippen LogP contribution in [0.15, 0.2) is 42.5 Å². The number of nitrogens with two attached hydrogens (primary N) is 1. The fourth-order valence-corrected chi connectivity index (χ4v) is 3.13. The summed E-state index contributed by atoms with van der Waals surface area (Å²) < 4.78 is 1.26. The van der Waals surface area contributed by atoms with E-state index in [1.807, 2.05) is 0 Å². The van der Waals surface area contributed by atoms with E-state index in [4.69, 9.17) is 5.73 Å². The molecule has 0 fully saturated rings. The lowest BCUT2D eigenvalue weighted by molar-refractivity contribution is 0.506. The summed E-state index contributed by atoms with van der Waals surface area (Å²) >= 11 is 2.39. The fourth-order valence-electron chi connectivity index (χ4n) is 2.44. The molecule has 1 nitrogen and oxygen atoms in total. The van der Waals surface area contributed by atoms with E-state index in [1.165, 1.54) is 25.8 Å². The van der Waals surface area contributed by atoms with Crippen LogP contribution >= 0.6 is 22.6 Å². The van der Waals surface area contributed by atoms with Crippen molar-refractivity contribution in [1.82, 2.24) is 0 Å². The second kappa shape index (κ2) is 6.49. The summed E-state index contributed by atoms with van der Waals surface area (Å²) in [5.74, 6) is 0. The van der Waals surface area contributed by atoms with Crippen LogP contribution in [0.4, 0.5) is 0 Å². The first-order chi connectivity index (χ1) is 9.86. The molecule has 0 amide bonds. The number of halogens is 1. The first-order valence-electron chi connectivity index (χ1n) is 7.48. The van der Waals surface area contributed by atoms with Gasteiger partial charge in [-0.05, 0) is 63.6 Å². The molecule has 2 heteroatoms. The van der Waals surface area contributed by atoms with Crippen LogP contribution in [0.25, 0.3) is 0 Å². The van der Waals surface area contributed by atoms with Gasteiger partial charge in [0.05, 0.1) is 6.04 Å². The molecule has 0 spiro atoms. The summed E-state index contributed by atoms with van der Waals surface area (Å²) in [6.45, 7) is 8.93. The third-order valence-corrected chi connectivity index (χ3v) is 5.97. The third kappa shape index (κ3) is 3.49. The molecule has 0 aromatic heterocycles. The van der Waals surface area contributed by atoms with Gasteiger partial charge in [0.25, 0.3) is 0 Å². The molecule has 0 bridgehead atoms. The molecule has 0 heterocycles. The average Bonchev–Trinajstić information content (AvgIpc) is 2.49. The van der Waals surface area contributed by atoms with Crippen molar-refractivity contribution in [2.24, 2.45) is 5.73 Å². The molecule has 2 aromatic rings. The quantitative estimate of drug-likeness (QED) is 0.698. The second-order valence-corrected chi connectivity index (χ2v) is 7.39. The summed E-state index contributed by atoms with van der Waals surface area (Å²) in [6, 6.07) is 15.1. The first kappa shape index (κ1) is 16.5. The minimum atomic E-state index is -0.0596. The highest BCUT2D eigenvalue weighted by molar-refractivity contribution is 14.1. The van der Waals surface area contributed by atoms with Gasteiger partial charge >= 0.3 is 0 Å². The Morgan fingerprint density at radius 1 is 1.10 bits per heavy atom. The van der Waals surface area contributed by atoms with Crippen molar-refractivity contribution in [3.8, 4) is 0 Å². The number of aryl methyl sites for hydroxylation is 1. The smallest absolute Gasteiger partial charge is 0.0562 e. The van der Waals surface area contributed by atoms with Gasteiger partial charge < -0.3 is 5.73 Å². The topological polar surface area (TPSA) is 26.0 Å². The molecule has 21 heavy (non-hydrogen) atoms. The summed E-state index contributed by atoms with van der Waals surface area (Å²) in [4.78, 5) is 0. The maximum absolute atomic E-state index is 6.47. The molecule has 0 radical (unpaired) electrons. The molecular weight excluding hydrogens is 369 g/mol. The minimum Gasteiger partial charge on any atom is -0.320 e. The Hall–Kier alpha value is -0.870. The summed E-state index contributed by atoms with van der Waals surface area (Å²) in [6.07, 6.45) is 1.13. The van der Waals surface area contributed by atoms with Crippen molar-refractivity contribution < 1.29 is 0 Å². The predicted octanol–water partition coefficient (Wildman–Crippen LogP) is 5.34. The van der Waals surface area contributed by atoms with Crippen LogP contribution in [0.1, 0.15) is 55.5 Å². The third-order valence-electron chi connectivity index (χ3n) is 4.49. The zero-order valence-corrected chi connectivity index (χ0v) is 15.4. The highest BCUT2D eigenvalue weighted by Gasteiger charge is 2.19. The normalized spacial score (nSPS) is 13.2. The molecule has 0 aliphatic rings. The molecule has 1 unspecified atom stereocenters. The Labute approximate surface area is 142 Å². The molecule has 2 N–H and O–H groups in total. The van der Waals surface area contributed by atoms with Crippen LogP contribution in [-0.2, 0) is 5.41 Å². The van der Waals surface area contributed by atoms with E-state index >= 15 is 0 Å². The van der Waals surface area contributed by atoms with Crippen molar-refractivity contribution in [3.05, 3.63) is 68.3 Å². The lowest BCUT2D eigenvalue weighted by Crippen LogP contribution is -2.17. The Balaban J connectivity index is 2.32. The molecule has 2 rings (SSSR count). The molecule has 0 saturated carbocycles. The van der Waals surface area contributed by atoms with Gasteiger partial charge in [-0.1, -0.05) is 63.2 Å². The monoisotopic (exact) mass is 393 g/mol. The number of benzene rings is 2. The van der Waals surface area contributed by atoms with Gasteiger partial charge in [0.2, 0.25) is 0 Å². The Morgan fingerprint density at radius 2 is 1.71 bits per heavy atom. The molecule has 0 aliphatic heterocycles. The van der Waals surface area contributed by atoms with Gasteiger partial charge in [0.15, 0.2) is 0 Å².